The number of ether oxygens (including phenoxy) is 1. The van der Waals surface area contributed by atoms with Crippen LogP contribution in [0.2, 0.25) is 0 Å². The van der Waals surface area contributed by atoms with Crippen molar-refractivity contribution in [3.05, 3.63) is 83.2 Å². The molecule has 0 unspecified atom stereocenters. The second-order valence-electron chi connectivity index (χ2n) is 7.42. The van der Waals surface area contributed by atoms with E-state index in [1.807, 2.05) is 18.2 Å². The highest BCUT2D eigenvalue weighted by Gasteiger charge is 2.28. The molecule has 1 aromatic heterocycles. The molecule has 1 aliphatic rings. The van der Waals surface area contributed by atoms with Gasteiger partial charge in [0.1, 0.15) is 5.75 Å². The Hall–Kier alpha value is -3.18. The molecule has 0 spiro atoms. The van der Waals surface area contributed by atoms with Crippen molar-refractivity contribution in [3.63, 3.8) is 0 Å². The van der Waals surface area contributed by atoms with Gasteiger partial charge in [-0.3, -0.25) is 9.88 Å². The van der Waals surface area contributed by atoms with Crippen LogP contribution >= 0.6 is 0 Å². The highest BCUT2D eigenvalue weighted by Crippen LogP contribution is 2.39. The summed E-state index contributed by atoms with van der Waals surface area (Å²) in [6, 6.07) is 16.5. The van der Waals surface area contributed by atoms with Gasteiger partial charge in [-0.15, -0.1) is 0 Å². The van der Waals surface area contributed by atoms with Crippen LogP contribution in [-0.2, 0) is 13.0 Å². The van der Waals surface area contributed by atoms with Gasteiger partial charge in [-0.1, -0.05) is 30.3 Å². The van der Waals surface area contributed by atoms with Crippen LogP contribution in [-0.4, -0.2) is 35.1 Å². The van der Waals surface area contributed by atoms with Gasteiger partial charge in [0.25, 0.3) is 0 Å². The lowest BCUT2D eigenvalue weighted by molar-refractivity contribution is 0.0695. The van der Waals surface area contributed by atoms with E-state index in [-0.39, 0.29) is 6.04 Å². The molecule has 0 saturated heterocycles. The number of fused-ring (bicyclic) bond motifs is 1. The second kappa shape index (κ2) is 8.05. The maximum Gasteiger partial charge on any atom is 0.336 e. The van der Waals surface area contributed by atoms with E-state index in [4.69, 9.17) is 4.74 Å². The zero-order chi connectivity index (χ0) is 20.4. The van der Waals surface area contributed by atoms with Crippen molar-refractivity contribution in [2.24, 2.45) is 0 Å². The van der Waals surface area contributed by atoms with Crippen LogP contribution in [0.25, 0.3) is 11.1 Å². The van der Waals surface area contributed by atoms with E-state index in [9.17, 15) is 9.90 Å². The molecule has 5 nitrogen and oxygen atoms in total. The van der Waals surface area contributed by atoms with Crippen molar-refractivity contribution in [1.82, 2.24) is 9.88 Å². The van der Waals surface area contributed by atoms with Crippen LogP contribution in [0, 0.1) is 0 Å². The number of nitrogens with zero attached hydrogens (tertiary/aromatic N) is 2. The third-order valence-corrected chi connectivity index (χ3v) is 5.69. The van der Waals surface area contributed by atoms with Crippen molar-refractivity contribution >= 4 is 5.97 Å². The lowest BCUT2D eigenvalue weighted by Gasteiger charge is -2.20. The zero-order valence-electron chi connectivity index (χ0n) is 16.6. The van der Waals surface area contributed by atoms with Gasteiger partial charge >= 0.3 is 5.97 Å². The van der Waals surface area contributed by atoms with Gasteiger partial charge in [-0.25, -0.2) is 4.79 Å². The van der Waals surface area contributed by atoms with E-state index in [0.29, 0.717) is 12.0 Å². The molecule has 0 aliphatic carbocycles. The largest absolute Gasteiger partial charge is 0.496 e. The molecule has 0 radical (unpaired) electrons. The fourth-order valence-electron chi connectivity index (χ4n) is 4.24. The smallest absolute Gasteiger partial charge is 0.336 e. The molecule has 0 fully saturated rings. The SMILES string of the molecule is COc1ccccc1-c1ccc2c(c1)CN(C)[C@H]2CCc1cnccc1C(=O)O. The van der Waals surface area contributed by atoms with Crippen molar-refractivity contribution in [1.29, 1.82) is 0 Å². The highest BCUT2D eigenvalue weighted by atomic mass is 16.5. The number of para-hydroxylation sites is 1. The number of hydrogen-bond acceptors (Lipinski definition) is 4. The lowest BCUT2D eigenvalue weighted by Crippen LogP contribution is -2.17. The van der Waals surface area contributed by atoms with Gasteiger partial charge in [0.15, 0.2) is 0 Å². The first-order valence-electron chi connectivity index (χ1n) is 9.71. The Kier molecular flexibility index (Phi) is 5.32. The van der Waals surface area contributed by atoms with Gasteiger partial charge in [-0.2, -0.15) is 0 Å². The predicted molar refractivity (Wildman–Crippen MR) is 112 cm³/mol. The third-order valence-electron chi connectivity index (χ3n) is 5.69. The summed E-state index contributed by atoms with van der Waals surface area (Å²) in [7, 11) is 3.81. The minimum atomic E-state index is -0.899. The topological polar surface area (TPSA) is 62.7 Å². The highest BCUT2D eigenvalue weighted by molar-refractivity contribution is 5.89. The van der Waals surface area contributed by atoms with E-state index in [0.717, 1.165) is 35.4 Å². The minimum Gasteiger partial charge on any atom is -0.496 e. The lowest BCUT2D eigenvalue weighted by atomic mass is 9.94. The average Bonchev–Trinajstić information content (AvgIpc) is 3.06. The van der Waals surface area contributed by atoms with Crippen LogP contribution < -0.4 is 4.74 Å². The molecule has 4 rings (SSSR count). The maximum absolute atomic E-state index is 11.5. The zero-order valence-corrected chi connectivity index (χ0v) is 16.6. The summed E-state index contributed by atoms with van der Waals surface area (Å²) in [6.45, 7) is 0.877. The fourth-order valence-corrected chi connectivity index (χ4v) is 4.24. The molecular formula is C24H24N2O3. The molecule has 1 aliphatic heterocycles. The third kappa shape index (κ3) is 3.74. The number of carbonyl (C=O) groups is 1. The molecule has 1 atom stereocenters. The van der Waals surface area contributed by atoms with E-state index in [1.165, 1.54) is 17.3 Å². The first-order valence-corrected chi connectivity index (χ1v) is 9.71. The van der Waals surface area contributed by atoms with Gasteiger partial charge in [-0.05, 0) is 60.3 Å². The molecule has 3 aromatic rings. The van der Waals surface area contributed by atoms with E-state index >= 15 is 0 Å². The van der Waals surface area contributed by atoms with Crippen molar-refractivity contribution in [3.8, 4) is 16.9 Å². The number of methoxy groups -OCH3 is 1. The van der Waals surface area contributed by atoms with Crippen molar-refractivity contribution < 1.29 is 14.6 Å². The maximum atomic E-state index is 11.5. The van der Waals surface area contributed by atoms with Gasteiger partial charge in [0, 0.05) is 30.5 Å². The number of aromatic nitrogens is 1. The summed E-state index contributed by atoms with van der Waals surface area (Å²) in [5.41, 5.74) is 5.98. The number of carboxylic acid groups (broad SMARTS) is 1. The Morgan fingerprint density at radius 3 is 2.86 bits per heavy atom. The molecule has 1 N–H and O–H groups in total. The Bertz CT molecular complexity index is 1050. The summed E-state index contributed by atoms with van der Waals surface area (Å²) in [5.74, 6) is -0.0304. The summed E-state index contributed by atoms with van der Waals surface area (Å²) in [5, 5.41) is 9.40. The Labute approximate surface area is 170 Å². The molecule has 0 saturated carbocycles. The second-order valence-corrected chi connectivity index (χ2v) is 7.42. The number of aryl methyl sites for hydroxylation is 1. The number of aromatic carboxylic acids is 1. The first-order chi connectivity index (χ1) is 14.1. The Morgan fingerprint density at radius 1 is 1.24 bits per heavy atom. The van der Waals surface area contributed by atoms with E-state index < -0.39 is 5.97 Å². The number of benzene rings is 2. The van der Waals surface area contributed by atoms with Crippen molar-refractivity contribution in [2.75, 3.05) is 14.2 Å². The summed E-state index contributed by atoms with van der Waals surface area (Å²) >= 11 is 0. The molecule has 0 amide bonds. The van der Waals surface area contributed by atoms with Crippen LogP contribution in [0.1, 0.15) is 39.5 Å². The normalized spacial score (nSPS) is 15.9. The van der Waals surface area contributed by atoms with E-state index in [1.54, 1.807) is 19.4 Å². The minimum absolute atomic E-state index is 0.263. The Morgan fingerprint density at radius 2 is 2.07 bits per heavy atom. The molecule has 5 heteroatoms. The molecule has 2 heterocycles. The quantitative estimate of drug-likeness (QED) is 0.670. The van der Waals surface area contributed by atoms with Gasteiger partial charge < -0.3 is 9.84 Å². The van der Waals surface area contributed by atoms with Gasteiger partial charge in [0.2, 0.25) is 0 Å². The monoisotopic (exact) mass is 388 g/mol. The molecule has 2 aromatic carbocycles. The number of rotatable bonds is 6. The summed E-state index contributed by atoms with van der Waals surface area (Å²) < 4.78 is 5.52. The number of hydrogen-bond donors (Lipinski definition) is 1. The standard InChI is InChI=1S/C24H24N2O3/c1-26-15-18-13-16(20-5-3-4-6-23(20)29-2)7-9-19(18)22(26)10-8-17-14-25-12-11-21(17)24(27)28/h3-7,9,11-14,22H,8,10,15H2,1-2H3,(H,27,28)/t22-/m0/s1. The summed E-state index contributed by atoms with van der Waals surface area (Å²) in [4.78, 5) is 17.9. The summed E-state index contributed by atoms with van der Waals surface area (Å²) in [6.07, 6.45) is 4.73. The predicted octanol–water partition coefficient (Wildman–Crippen LogP) is 4.57. The average molecular weight is 388 g/mol. The van der Waals surface area contributed by atoms with Crippen LogP contribution in [0.4, 0.5) is 0 Å². The van der Waals surface area contributed by atoms with Crippen LogP contribution in [0.5, 0.6) is 5.75 Å². The number of pyridine rings is 1. The van der Waals surface area contributed by atoms with Crippen LogP contribution in [0.3, 0.4) is 0 Å². The molecule has 148 valence electrons. The molecule has 29 heavy (non-hydrogen) atoms. The van der Waals surface area contributed by atoms with E-state index in [2.05, 4.69) is 41.2 Å². The Balaban J connectivity index is 1.58. The fraction of sp³-hybridized carbons (Fsp3) is 0.250. The van der Waals surface area contributed by atoms with Crippen molar-refractivity contribution in [2.45, 2.75) is 25.4 Å². The van der Waals surface area contributed by atoms with Gasteiger partial charge in [0.05, 0.1) is 12.7 Å². The first kappa shape index (κ1) is 19.2. The molecular weight excluding hydrogens is 364 g/mol. The molecule has 0 bridgehead atoms. The van der Waals surface area contributed by atoms with Crippen LogP contribution in [0.15, 0.2) is 60.9 Å². The number of carboxylic acids is 1.